The van der Waals surface area contributed by atoms with Crippen LogP contribution < -0.4 is 10.1 Å². The molecule has 2 heterocycles. The number of aromatic nitrogens is 4. The van der Waals surface area contributed by atoms with Gasteiger partial charge < -0.3 is 10.1 Å². The number of nitrogens with one attached hydrogen (secondary N) is 1. The van der Waals surface area contributed by atoms with Gasteiger partial charge in [-0.3, -0.25) is 9.48 Å². The van der Waals surface area contributed by atoms with Crippen LogP contribution in [0, 0.1) is 0 Å². The number of rotatable bonds is 8. The highest BCUT2D eigenvalue weighted by Crippen LogP contribution is 2.16. The second kappa shape index (κ2) is 8.73. The van der Waals surface area contributed by atoms with Gasteiger partial charge in [-0.05, 0) is 36.8 Å². The Kier molecular flexibility index (Phi) is 6.14. The molecule has 0 aliphatic rings. The Morgan fingerprint density at radius 3 is 2.65 bits per heavy atom. The van der Waals surface area contributed by atoms with Crippen LogP contribution in [0.5, 0.6) is 5.75 Å². The van der Waals surface area contributed by atoms with Crippen molar-refractivity contribution in [3.8, 4) is 5.75 Å². The molecule has 0 atom stereocenters. The Morgan fingerprint density at radius 1 is 1.12 bits per heavy atom. The lowest BCUT2D eigenvalue weighted by atomic mass is 10.3. The average molecular weight is 394 g/mol. The van der Waals surface area contributed by atoms with Crippen molar-refractivity contribution in [2.45, 2.75) is 19.7 Å². The molecule has 0 spiro atoms. The zero-order valence-corrected chi connectivity index (χ0v) is 15.3. The number of halogens is 2. The van der Waals surface area contributed by atoms with Crippen LogP contribution in [0.2, 0.25) is 10.0 Å². The highest BCUT2D eigenvalue weighted by molar-refractivity contribution is 6.30. The van der Waals surface area contributed by atoms with Crippen molar-refractivity contribution in [2.24, 2.45) is 0 Å². The Labute approximate surface area is 160 Å². The van der Waals surface area contributed by atoms with Crippen molar-refractivity contribution >= 4 is 29.1 Å². The summed E-state index contributed by atoms with van der Waals surface area (Å²) in [4.78, 5) is 12.3. The van der Waals surface area contributed by atoms with E-state index in [0.29, 0.717) is 34.6 Å². The van der Waals surface area contributed by atoms with E-state index >= 15 is 0 Å². The first-order chi connectivity index (χ1) is 12.6. The predicted octanol–water partition coefficient (Wildman–Crippen LogP) is 3.24. The van der Waals surface area contributed by atoms with Gasteiger partial charge in [0.05, 0.1) is 11.2 Å². The monoisotopic (exact) mass is 393 g/mol. The van der Waals surface area contributed by atoms with E-state index in [1.165, 1.54) is 4.68 Å². The van der Waals surface area contributed by atoms with Crippen molar-refractivity contribution in [1.82, 2.24) is 24.9 Å². The van der Waals surface area contributed by atoms with Crippen LogP contribution in [0.3, 0.4) is 0 Å². The summed E-state index contributed by atoms with van der Waals surface area (Å²) in [6.45, 7) is 1.31. The minimum atomic E-state index is -0.208. The predicted molar refractivity (Wildman–Crippen MR) is 98.5 cm³/mol. The van der Waals surface area contributed by atoms with Crippen molar-refractivity contribution in [2.75, 3.05) is 6.54 Å². The molecule has 0 radical (unpaired) electrons. The molecule has 2 aromatic heterocycles. The maximum atomic E-state index is 12.3. The lowest BCUT2D eigenvalue weighted by Gasteiger charge is -2.10. The van der Waals surface area contributed by atoms with Gasteiger partial charge in [0.15, 0.2) is 6.73 Å². The maximum Gasteiger partial charge on any atom is 0.269 e. The quantitative estimate of drug-likeness (QED) is 0.596. The minimum Gasteiger partial charge on any atom is -0.471 e. The fraction of sp³-hybridized carbons (Fsp3) is 0.235. The number of hydrogen-bond acceptors (Lipinski definition) is 4. The van der Waals surface area contributed by atoms with Gasteiger partial charge in [-0.15, -0.1) is 0 Å². The van der Waals surface area contributed by atoms with Gasteiger partial charge in [0, 0.05) is 30.5 Å². The van der Waals surface area contributed by atoms with Crippen molar-refractivity contribution < 1.29 is 9.53 Å². The van der Waals surface area contributed by atoms with Crippen molar-refractivity contribution in [1.29, 1.82) is 0 Å². The second-order valence-corrected chi connectivity index (χ2v) is 6.35. The van der Waals surface area contributed by atoms with Crippen LogP contribution in [0.1, 0.15) is 16.9 Å². The van der Waals surface area contributed by atoms with Gasteiger partial charge >= 0.3 is 0 Å². The van der Waals surface area contributed by atoms with Crippen LogP contribution in [0.4, 0.5) is 0 Å². The van der Waals surface area contributed by atoms with E-state index < -0.39 is 0 Å². The standard InChI is InChI=1S/C17H17Cl2N5O2/c18-13-2-4-15(5-3-13)26-12-24-16(6-8-21-24)17(25)20-7-1-9-23-11-14(19)10-22-23/h2-6,8,10-11H,1,7,9,12H2,(H,20,25). The second-order valence-electron chi connectivity index (χ2n) is 5.47. The molecule has 3 aromatic rings. The summed E-state index contributed by atoms with van der Waals surface area (Å²) >= 11 is 11.7. The van der Waals surface area contributed by atoms with Gasteiger partial charge in [0.1, 0.15) is 11.4 Å². The summed E-state index contributed by atoms with van der Waals surface area (Å²) in [7, 11) is 0. The smallest absolute Gasteiger partial charge is 0.269 e. The molecule has 1 aromatic carbocycles. The molecular formula is C17H17Cl2N5O2. The lowest BCUT2D eigenvalue weighted by molar-refractivity contribution is 0.0931. The number of carbonyl (C=O) groups excluding carboxylic acids is 1. The fourth-order valence-corrected chi connectivity index (χ4v) is 2.57. The molecule has 26 heavy (non-hydrogen) atoms. The molecule has 136 valence electrons. The van der Waals surface area contributed by atoms with E-state index in [1.807, 2.05) is 0 Å². The zero-order chi connectivity index (χ0) is 18.4. The lowest BCUT2D eigenvalue weighted by Crippen LogP contribution is -2.28. The topological polar surface area (TPSA) is 74.0 Å². The van der Waals surface area contributed by atoms with Gasteiger partial charge in [0.25, 0.3) is 5.91 Å². The third kappa shape index (κ3) is 5.00. The molecule has 3 rings (SSSR count). The molecule has 1 amide bonds. The summed E-state index contributed by atoms with van der Waals surface area (Å²) in [5, 5.41) is 12.3. The average Bonchev–Trinajstić information content (AvgIpc) is 3.27. The number of nitrogens with zero attached hydrogens (tertiary/aromatic N) is 4. The molecule has 7 nitrogen and oxygen atoms in total. The van der Waals surface area contributed by atoms with Gasteiger partial charge in [-0.1, -0.05) is 23.2 Å². The number of amides is 1. The van der Waals surface area contributed by atoms with Crippen LogP contribution in [-0.4, -0.2) is 32.0 Å². The van der Waals surface area contributed by atoms with E-state index in [-0.39, 0.29) is 12.6 Å². The number of ether oxygens (including phenoxy) is 1. The summed E-state index contributed by atoms with van der Waals surface area (Å²) in [6, 6.07) is 8.63. The first kappa shape index (κ1) is 18.3. The summed E-state index contributed by atoms with van der Waals surface area (Å²) < 4.78 is 8.85. The Balaban J connectivity index is 1.47. The third-order valence-corrected chi connectivity index (χ3v) is 4.01. The van der Waals surface area contributed by atoms with Crippen LogP contribution in [0.15, 0.2) is 48.9 Å². The number of benzene rings is 1. The first-order valence-electron chi connectivity index (χ1n) is 7.98. The molecule has 0 aliphatic heterocycles. The van der Waals surface area contributed by atoms with E-state index in [2.05, 4.69) is 15.5 Å². The molecule has 0 saturated carbocycles. The van der Waals surface area contributed by atoms with Gasteiger partial charge in [-0.25, -0.2) is 4.68 Å². The van der Waals surface area contributed by atoms with E-state index in [0.717, 1.165) is 6.42 Å². The number of aryl methyl sites for hydroxylation is 1. The normalized spacial score (nSPS) is 10.7. The highest BCUT2D eigenvalue weighted by Gasteiger charge is 2.12. The van der Waals surface area contributed by atoms with Crippen LogP contribution in [-0.2, 0) is 13.3 Å². The van der Waals surface area contributed by atoms with E-state index in [4.69, 9.17) is 27.9 Å². The molecule has 0 unspecified atom stereocenters. The van der Waals surface area contributed by atoms with Gasteiger partial charge in [0.2, 0.25) is 0 Å². The fourth-order valence-electron chi connectivity index (χ4n) is 2.29. The third-order valence-electron chi connectivity index (χ3n) is 3.57. The molecule has 0 aliphatic carbocycles. The molecule has 0 fully saturated rings. The first-order valence-corrected chi connectivity index (χ1v) is 8.74. The van der Waals surface area contributed by atoms with E-state index in [1.54, 1.807) is 53.6 Å². The van der Waals surface area contributed by atoms with Gasteiger partial charge in [-0.2, -0.15) is 10.2 Å². The SMILES string of the molecule is O=C(NCCCn1cc(Cl)cn1)c1ccnn1COc1ccc(Cl)cc1. The minimum absolute atomic E-state index is 0.128. The molecular weight excluding hydrogens is 377 g/mol. The Morgan fingerprint density at radius 2 is 1.92 bits per heavy atom. The molecule has 0 saturated heterocycles. The van der Waals surface area contributed by atoms with Crippen molar-refractivity contribution in [3.05, 3.63) is 64.7 Å². The van der Waals surface area contributed by atoms with Crippen molar-refractivity contribution in [3.63, 3.8) is 0 Å². The zero-order valence-electron chi connectivity index (χ0n) is 13.8. The largest absolute Gasteiger partial charge is 0.471 e. The summed E-state index contributed by atoms with van der Waals surface area (Å²) in [6.07, 6.45) is 5.62. The van der Waals surface area contributed by atoms with E-state index in [9.17, 15) is 4.79 Å². The summed E-state index contributed by atoms with van der Waals surface area (Å²) in [5.74, 6) is 0.440. The van der Waals surface area contributed by atoms with Crippen LogP contribution in [0.25, 0.3) is 0 Å². The Hall–Kier alpha value is -2.51. The van der Waals surface area contributed by atoms with Crippen LogP contribution >= 0.6 is 23.2 Å². The summed E-state index contributed by atoms with van der Waals surface area (Å²) in [5.41, 5.74) is 0.432. The molecule has 9 heteroatoms. The Bertz CT molecular complexity index is 860. The maximum absolute atomic E-state index is 12.3. The number of carbonyl (C=O) groups is 1. The molecule has 1 N–H and O–H groups in total. The highest BCUT2D eigenvalue weighted by atomic mass is 35.5. The number of hydrogen-bond donors (Lipinski definition) is 1. The molecule has 0 bridgehead atoms.